The fourth-order valence-corrected chi connectivity index (χ4v) is 1.47. The molecule has 1 aromatic heterocycles. The minimum Gasteiger partial charge on any atom is -0.319 e. The smallest absolute Gasteiger partial charge is 0.176 e. The molecule has 0 saturated heterocycles. The molecule has 16 heavy (non-hydrogen) atoms. The summed E-state index contributed by atoms with van der Waals surface area (Å²) >= 11 is 0. The highest BCUT2D eigenvalue weighted by molar-refractivity contribution is 5.37. The van der Waals surface area contributed by atoms with Crippen LogP contribution in [0.4, 0.5) is 0 Å². The molecule has 0 saturated carbocycles. The van der Waals surface area contributed by atoms with Crippen LogP contribution in [0.1, 0.15) is 11.4 Å². The maximum absolute atomic E-state index is 4.33. The maximum atomic E-state index is 4.33. The van der Waals surface area contributed by atoms with Crippen molar-refractivity contribution in [2.75, 3.05) is 13.6 Å². The summed E-state index contributed by atoms with van der Waals surface area (Å²) in [7, 11) is 1.91. The lowest BCUT2D eigenvalue weighted by Gasteiger charge is -2.01. The largest absolute Gasteiger partial charge is 0.319 e. The number of para-hydroxylation sites is 1. The zero-order valence-corrected chi connectivity index (χ0v) is 9.51. The standard InChI is InChI=1S/C11H15N5/c1-9-5-3-4-6-10(9)16-14-11(13-15-16)7-8-12-2/h3-6,12H,7-8H2,1-2H3. The number of likely N-dealkylation sites (N-methyl/N-ethyl adjacent to an activating group) is 1. The molecule has 0 aliphatic rings. The predicted molar refractivity (Wildman–Crippen MR) is 61.5 cm³/mol. The monoisotopic (exact) mass is 217 g/mol. The third kappa shape index (κ3) is 2.25. The summed E-state index contributed by atoms with van der Waals surface area (Å²) in [5.41, 5.74) is 2.12. The van der Waals surface area contributed by atoms with Crippen LogP contribution in [0.15, 0.2) is 24.3 Å². The fourth-order valence-electron chi connectivity index (χ4n) is 1.47. The summed E-state index contributed by atoms with van der Waals surface area (Å²) in [5, 5.41) is 15.5. The first-order chi connectivity index (χ1) is 7.81. The van der Waals surface area contributed by atoms with Crippen molar-refractivity contribution >= 4 is 0 Å². The molecule has 1 aromatic carbocycles. The Morgan fingerprint density at radius 2 is 2.12 bits per heavy atom. The van der Waals surface area contributed by atoms with Gasteiger partial charge in [-0.2, -0.15) is 0 Å². The predicted octanol–water partition coefficient (Wildman–Crippen LogP) is 0.733. The Kier molecular flexibility index (Phi) is 3.26. The summed E-state index contributed by atoms with van der Waals surface area (Å²) in [4.78, 5) is 1.58. The van der Waals surface area contributed by atoms with Gasteiger partial charge in [0.15, 0.2) is 5.82 Å². The number of rotatable bonds is 4. The van der Waals surface area contributed by atoms with Crippen molar-refractivity contribution < 1.29 is 0 Å². The topological polar surface area (TPSA) is 55.6 Å². The van der Waals surface area contributed by atoms with Crippen molar-refractivity contribution in [3.8, 4) is 5.69 Å². The van der Waals surface area contributed by atoms with Crippen molar-refractivity contribution in [1.82, 2.24) is 25.5 Å². The van der Waals surface area contributed by atoms with Gasteiger partial charge in [0.1, 0.15) is 0 Å². The zero-order valence-electron chi connectivity index (χ0n) is 9.51. The van der Waals surface area contributed by atoms with Gasteiger partial charge >= 0.3 is 0 Å². The number of nitrogens with one attached hydrogen (secondary N) is 1. The average Bonchev–Trinajstić information content (AvgIpc) is 2.75. The lowest BCUT2D eigenvalue weighted by Crippen LogP contribution is -2.11. The molecule has 2 aromatic rings. The Bertz CT molecular complexity index is 463. The number of aryl methyl sites for hydroxylation is 1. The first-order valence-electron chi connectivity index (χ1n) is 5.31. The van der Waals surface area contributed by atoms with Crippen molar-refractivity contribution in [3.63, 3.8) is 0 Å². The minimum atomic E-state index is 0.762. The highest BCUT2D eigenvalue weighted by Crippen LogP contribution is 2.10. The van der Waals surface area contributed by atoms with E-state index in [1.807, 2.05) is 38.2 Å². The lowest BCUT2D eigenvalue weighted by molar-refractivity contribution is 0.709. The quantitative estimate of drug-likeness (QED) is 0.820. The molecule has 0 atom stereocenters. The first-order valence-corrected chi connectivity index (χ1v) is 5.31. The number of aromatic nitrogens is 4. The van der Waals surface area contributed by atoms with Gasteiger partial charge in [0, 0.05) is 13.0 Å². The van der Waals surface area contributed by atoms with Crippen molar-refractivity contribution in [2.24, 2.45) is 0 Å². The summed E-state index contributed by atoms with van der Waals surface area (Å²) < 4.78 is 0. The molecule has 1 heterocycles. The second kappa shape index (κ2) is 4.85. The SMILES string of the molecule is CNCCc1nnn(-c2ccccc2C)n1. The summed E-state index contributed by atoms with van der Waals surface area (Å²) in [5.74, 6) is 0.762. The Morgan fingerprint density at radius 1 is 1.31 bits per heavy atom. The Labute approximate surface area is 94.5 Å². The molecule has 5 nitrogen and oxygen atoms in total. The van der Waals surface area contributed by atoms with Gasteiger partial charge in [-0.15, -0.1) is 15.0 Å². The molecular weight excluding hydrogens is 202 g/mol. The molecule has 0 unspecified atom stereocenters. The van der Waals surface area contributed by atoms with E-state index in [2.05, 4.69) is 20.7 Å². The van der Waals surface area contributed by atoms with Gasteiger partial charge in [-0.3, -0.25) is 0 Å². The molecule has 0 aliphatic carbocycles. The van der Waals surface area contributed by atoms with Gasteiger partial charge in [0.05, 0.1) is 5.69 Å². The molecule has 1 N–H and O–H groups in total. The van der Waals surface area contributed by atoms with Gasteiger partial charge in [-0.05, 0) is 30.8 Å². The number of tetrazole rings is 1. The Morgan fingerprint density at radius 3 is 2.88 bits per heavy atom. The summed E-state index contributed by atoms with van der Waals surface area (Å²) in [6, 6.07) is 7.99. The van der Waals surface area contributed by atoms with Crippen LogP contribution in [-0.2, 0) is 6.42 Å². The average molecular weight is 217 g/mol. The molecule has 0 spiro atoms. The highest BCUT2D eigenvalue weighted by Gasteiger charge is 2.05. The van der Waals surface area contributed by atoms with Crippen LogP contribution in [0, 0.1) is 6.92 Å². The van der Waals surface area contributed by atoms with Crippen LogP contribution >= 0.6 is 0 Å². The molecule has 5 heteroatoms. The normalized spacial score (nSPS) is 10.6. The van der Waals surface area contributed by atoms with Crippen LogP contribution in [0.5, 0.6) is 0 Å². The molecule has 2 rings (SSSR count). The van der Waals surface area contributed by atoms with Gasteiger partial charge in [0.2, 0.25) is 0 Å². The van der Waals surface area contributed by atoms with Crippen LogP contribution in [0.3, 0.4) is 0 Å². The lowest BCUT2D eigenvalue weighted by atomic mass is 10.2. The van der Waals surface area contributed by atoms with E-state index in [1.54, 1.807) is 4.80 Å². The van der Waals surface area contributed by atoms with E-state index in [4.69, 9.17) is 0 Å². The van der Waals surface area contributed by atoms with E-state index < -0.39 is 0 Å². The molecular formula is C11H15N5. The molecule has 0 aliphatic heterocycles. The third-order valence-electron chi connectivity index (χ3n) is 2.38. The Hall–Kier alpha value is -1.75. The van der Waals surface area contributed by atoms with E-state index in [9.17, 15) is 0 Å². The van der Waals surface area contributed by atoms with E-state index in [0.717, 1.165) is 30.0 Å². The fraction of sp³-hybridized carbons (Fsp3) is 0.364. The van der Waals surface area contributed by atoms with Crippen LogP contribution in [0.25, 0.3) is 5.69 Å². The van der Waals surface area contributed by atoms with Gasteiger partial charge < -0.3 is 5.32 Å². The minimum absolute atomic E-state index is 0.762. The van der Waals surface area contributed by atoms with Gasteiger partial charge in [0.25, 0.3) is 0 Å². The van der Waals surface area contributed by atoms with E-state index in [1.165, 1.54) is 0 Å². The highest BCUT2D eigenvalue weighted by atomic mass is 15.6. The van der Waals surface area contributed by atoms with Gasteiger partial charge in [-0.1, -0.05) is 18.2 Å². The van der Waals surface area contributed by atoms with Crippen LogP contribution in [-0.4, -0.2) is 33.8 Å². The van der Waals surface area contributed by atoms with E-state index in [0.29, 0.717) is 0 Å². The Balaban J connectivity index is 2.22. The third-order valence-corrected chi connectivity index (χ3v) is 2.38. The van der Waals surface area contributed by atoms with Crippen LogP contribution in [0.2, 0.25) is 0 Å². The van der Waals surface area contributed by atoms with Crippen molar-refractivity contribution in [2.45, 2.75) is 13.3 Å². The van der Waals surface area contributed by atoms with E-state index >= 15 is 0 Å². The molecule has 84 valence electrons. The second-order valence-corrected chi connectivity index (χ2v) is 3.64. The summed E-state index contributed by atoms with van der Waals surface area (Å²) in [6.07, 6.45) is 0.794. The maximum Gasteiger partial charge on any atom is 0.176 e. The number of nitrogens with zero attached hydrogens (tertiary/aromatic N) is 4. The molecule has 0 fully saturated rings. The summed E-state index contributed by atoms with van der Waals surface area (Å²) in [6.45, 7) is 2.89. The second-order valence-electron chi connectivity index (χ2n) is 3.64. The zero-order chi connectivity index (χ0) is 11.4. The first kappa shape index (κ1) is 10.8. The van der Waals surface area contributed by atoms with Gasteiger partial charge in [-0.25, -0.2) is 0 Å². The number of benzene rings is 1. The van der Waals surface area contributed by atoms with E-state index in [-0.39, 0.29) is 0 Å². The van der Waals surface area contributed by atoms with Crippen molar-refractivity contribution in [3.05, 3.63) is 35.7 Å². The molecule has 0 radical (unpaired) electrons. The van der Waals surface area contributed by atoms with Crippen LogP contribution < -0.4 is 5.32 Å². The number of hydrogen-bond acceptors (Lipinski definition) is 4. The number of hydrogen-bond donors (Lipinski definition) is 1. The molecule has 0 amide bonds. The van der Waals surface area contributed by atoms with Crippen molar-refractivity contribution in [1.29, 1.82) is 0 Å². The molecule has 0 bridgehead atoms.